The highest BCUT2D eigenvalue weighted by Crippen LogP contribution is 2.33. The Bertz CT molecular complexity index is 1060. The van der Waals surface area contributed by atoms with Crippen LogP contribution in [-0.4, -0.2) is 32.0 Å². The molecule has 0 radical (unpaired) electrons. The average Bonchev–Trinajstić information content (AvgIpc) is 3.43. The maximum Gasteiger partial charge on any atom is 0.255 e. The standard InChI is InChI=1S/C20H18N4O2S/c25-19(14-4-6-17-18(10-14)23-27-22-17)21-16-5-3-12-7-8-24(11-15(12)9-16)20(26)13-1-2-13/h3-6,9-10,13H,1-2,7-8,11H2,(H,21,25). The molecule has 2 aliphatic rings. The van der Waals surface area contributed by atoms with Crippen molar-refractivity contribution in [3.63, 3.8) is 0 Å². The number of nitrogens with one attached hydrogen (secondary N) is 1. The van der Waals surface area contributed by atoms with Crippen LogP contribution in [-0.2, 0) is 17.8 Å². The van der Waals surface area contributed by atoms with Crippen LogP contribution < -0.4 is 5.32 Å². The molecule has 1 saturated carbocycles. The van der Waals surface area contributed by atoms with Crippen molar-refractivity contribution in [1.82, 2.24) is 13.6 Å². The molecule has 1 aliphatic carbocycles. The number of amides is 2. The van der Waals surface area contributed by atoms with Gasteiger partial charge in [-0.3, -0.25) is 9.59 Å². The Labute approximate surface area is 160 Å². The van der Waals surface area contributed by atoms with E-state index in [-0.39, 0.29) is 17.7 Å². The van der Waals surface area contributed by atoms with E-state index >= 15 is 0 Å². The Hall–Kier alpha value is -2.80. The summed E-state index contributed by atoms with van der Waals surface area (Å²) in [7, 11) is 0. The van der Waals surface area contributed by atoms with Gasteiger partial charge in [0.15, 0.2) is 0 Å². The highest BCUT2D eigenvalue weighted by atomic mass is 32.1. The van der Waals surface area contributed by atoms with E-state index in [2.05, 4.69) is 20.1 Å². The third-order valence-corrected chi connectivity index (χ3v) is 5.79. The van der Waals surface area contributed by atoms with Crippen molar-refractivity contribution in [2.75, 3.05) is 11.9 Å². The van der Waals surface area contributed by atoms with Gasteiger partial charge in [-0.05, 0) is 60.7 Å². The number of nitrogens with zero attached hydrogens (tertiary/aromatic N) is 3. The Morgan fingerprint density at radius 2 is 1.89 bits per heavy atom. The van der Waals surface area contributed by atoms with Crippen LogP contribution >= 0.6 is 11.7 Å². The van der Waals surface area contributed by atoms with Crippen LogP contribution in [0.15, 0.2) is 36.4 Å². The van der Waals surface area contributed by atoms with E-state index in [1.807, 2.05) is 23.1 Å². The van der Waals surface area contributed by atoms with Crippen LogP contribution in [0.1, 0.15) is 34.3 Å². The Balaban J connectivity index is 1.34. The van der Waals surface area contributed by atoms with E-state index in [0.717, 1.165) is 59.8 Å². The first-order valence-electron chi connectivity index (χ1n) is 9.12. The Morgan fingerprint density at radius 3 is 2.74 bits per heavy atom. The summed E-state index contributed by atoms with van der Waals surface area (Å²) in [5.74, 6) is 0.344. The average molecular weight is 378 g/mol. The smallest absolute Gasteiger partial charge is 0.255 e. The van der Waals surface area contributed by atoms with Gasteiger partial charge in [-0.1, -0.05) is 6.07 Å². The largest absolute Gasteiger partial charge is 0.338 e. The van der Waals surface area contributed by atoms with Gasteiger partial charge in [0.2, 0.25) is 5.91 Å². The summed E-state index contributed by atoms with van der Waals surface area (Å²) in [5, 5.41) is 2.96. The number of rotatable bonds is 3. The molecule has 2 amide bonds. The van der Waals surface area contributed by atoms with Crippen LogP contribution in [0.2, 0.25) is 0 Å². The van der Waals surface area contributed by atoms with Crippen LogP contribution in [0.3, 0.4) is 0 Å². The van der Waals surface area contributed by atoms with Crippen LogP contribution in [0.5, 0.6) is 0 Å². The predicted octanol–water partition coefficient (Wildman–Crippen LogP) is 3.24. The van der Waals surface area contributed by atoms with Gasteiger partial charge in [0.25, 0.3) is 5.91 Å². The zero-order chi connectivity index (χ0) is 18.4. The molecule has 1 N–H and O–H groups in total. The zero-order valence-electron chi connectivity index (χ0n) is 14.6. The third-order valence-electron chi connectivity index (χ3n) is 5.23. The summed E-state index contributed by atoms with van der Waals surface area (Å²) in [6.45, 7) is 1.42. The second-order valence-electron chi connectivity index (χ2n) is 7.19. The van der Waals surface area contributed by atoms with Gasteiger partial charge >= 0.3 is 0 Å². The number of carbonyl (C=O) groups excluding carboxylic acids is 2. The summed E-state index contributed by atoms with van der Waals surface area (Å²) in [5.41, 5.74) is 5.20. The molecule has 1 fully saturated rings. The number of hydrogen-bond donors (Lipinski definition) is 1. The van der Waals surface area contributed by atoms with Crippen LogP contribution in [0.25, 0.3) is 11.0 Å². The van der Waals surface area contributed by atoms with Crippen molar-refractivity contribution in [1.29, 1.82) is 0 Å². The van der Waals surface area contributed by atoms with Crippen LogP contribution in [0.4, 0.5) is 5.69 Å². The van der Waals surface area contributed by atoms with Crippen LogP contribution in [0, 0.1) is 5.92 Å². The molecule has 7 heteroatoms. The lowest BCUT2D eigenvalue weighted by Crippen LogP contribution is -2.36. The SMILES string of the molecule is O=C(Nc1ccc2c(c1)CN(C(=O)C1CC1)CC2)c1ccc2nsnc2c1. The molecule has 136 valence electrons. The molecular formula is C20H18N4O2S. The van der Waals surface area contributed by atoms with Gasteiger partial charge in [-0.15, -0.1) is 0 Å². The molecule has 3 aromatic rings. The van der Waals surface area contributed by atoms with Gasteiger partial charge in [-0.2, -0.15) is 8.75 Å². The highest BCUT2D eigenvalue weighted by Gasteiger charge is 2.34. The first-order valence-corrected chi connectivity index (χ1v) is 9.85. The quantitative estimate of drug-likeness (QED) is 0.759. The summed E-state index contributed by atoms with van der Waals surface area (Å²) in [4.78, 5) is 26.9. The molecule has 0 atom stereocenters. The molecule has 0 saturated heterocycles. The molecule has 2 heterocycles. The monoisotopic (exact) mass is 378 g/mol. The molecule has 1 aromatic heterocycles. The maximum absolute atomic E-state index is 12.6. The molecule has 2 aromatic carbocycles. The fourth-order valence-corrected chi connectivity index (χ4v) is 4.06. The highest BCUT2D eigenvalue weighted by molar-refractivity contribution is 7.00. The van der Waals surface area contributed by atoms with E-state index < -0.39 is 0 Å². The van der Waals surface area contributed by atoms with Crippen molar-refractivity contribution < 1.29 is 9.59 Å². The fraction of sp³-hybridized carbons (Fsp3) is 0.300. The lowest BCUT2D eigenvalue weighted by molar-refractivity contribution is -0.133. The number of hydrogen-bond acceptors (Lipinski definition) is 5. The molecular weight excluding hydrogens is 360 g/mol. The van der Waals surface area contributed by atoms with E-state index in [9.17, 15) is 9.59 Å². The molecule has 5 rings (SSSR count). The van der Waals surface area contributed by atoms with E-state index in [1.165, 1.54) is 5.56 Å². The predicted molar refractivity (Wildman–Crippen MR) is 104 cm³/mol. The first kappa shape index (κ1) is 16.4. The summed E-state index contributed by atoms with van der Waals surface area (Å²) < 4.78 is 8.34. The third kappa shape index (κ3) is 3.19. The van der Waals surface area contributed by atoms with Gasteiger partial charge in [0, 0.05) is 30.3 Å². The normalized spacial score (nSPS) is 16.2. The van der Waals surface area contributed by atoms with Gasteiger partial charge < -0.3 is 10.2 Å². The molecule has 0 unspecified atom stereocenters. The van der Waals surface area contributed by atoms with Crippen molar-refractivity contribution in [2.24, 2.45) is 5.92 Å². The number of carbonyl (C=O) groups is 2. The Morgan fingerprint density at radius 1 is 1.04 bits per heavy atom. The Kier molecular flexibility index (Phi) is 3.89. The van der Waals surface area contributed by atoms with E-state index in [0.29, 0.717) is 12.1 Å². The topological polar surface area (TPSA) is 75.2 Å². The van der Waals surface area contributed by atoms with E-state index in [1.54, 1.807) is 12.1 Å². The first-order chi connectivity index (χ1) is 13.2. The fourth-order valence-electron chi connectivity index (χ4n) is 3.54. The summed E-state index contributed by atoms with van der Waals surface area (Å²) in [6, 6.07) is 11.3. The lowest BCUT2D eigenvalue weighted by atomic mass is 9.98. The second kappa shape index (κ2) is 6.42. The number of aromatic nitrogens is 2. The zero-order valence-corrected chi connectivity index (χ0v) is 15.5. The van der Waals surface area contributed by atoms with Crippen molar-refractivity contribution in [3.8, 4) is 0 Å². The number of benzene rings is 2. The van der Waals surface area contributed by atoms with Gasteiger partial charge in [-0.25, -0.2) is 0 Å². The molecule has 0 bridgehead atoms. The summed E-state index contributed by atoms with van der Waals surface area (Å²) in [6.07, 6.45) is 2.92. The number of anilines is 1. The van der Waals surface area contributed by atoms with Gasteiger partial charge in [0.05, 0.1) is 11.7 Å². The molecule has 1 aliphatic heterocycles. The minimum absolute atomic E-state index is 0.174. The minimum atomic E-state index is -0.174. The summed E-state index contributed by atoms with van der Waals surface area (Å²) >= 11 is 1.14. The second-order valence-corrected chi connectivity index (χ2v) is 7.72. The molecule has 6 nitrogen and oxygen atoms in total. The maximum atomic E-state index is 12.6. The molecule has 0 spiro atoms. The minimum Gasteiger partial charge on any atom is -0.338 e. The van der Waals surface area contributed by atoms with Crippen molar-refractivity contribution in [2.45, 2.75) is 25.8 Å². The van der Waals surface area contributed by atoms with Crippen molar-refractivity contribution in [3.05, 3.63) is 53.1 Å². The van der Waals surface area contributed by atoms with E-state index in [4.69, 9.17) is 0 Å². The van der Waals surface area contributed by atoms with Gasteiger partial charge in [0.1, 0.15) is 11.0 Å². The lowest BCUT2D eigenvalue weighted by Gasteiger charge is -2.29. The molecule has 27 heavy (non-hydrogen) atoms. The van der Waals surface area contributed by atoms with Crippen molar-refractivity contribution >= 4 is 40.3 Å². The number of fused-ring (bicyclic) bond motifs is 2.